The first-order valence-corrected chi connectivity index (χ1v) is 19.3. The van der Waals surface area contributed by atoms with Crippen molar-refractivity contribution >= 4 is 21.6 Å². The Kier molecular flexibility index (Phi) is 11.7. The molecule has 6 rings (SSSR count). The fourth-order valence-corrected chi connectivity index (χ4v) is 5.87. The maximum atomic E-state index is 13.1. The van der Waals surface area contributed by atoms with E-state index in [1.165, 1.54) is 46.9 Å². The maximum absolute atomic E-state index is 13.1. The van der Waals surface area contributed by atoms with Gasteiger partial charge in [-0.1, -0.05) is 63.7 Å². The van der Waals surface area contributed by atoms with Crippen molar-refractivity contribution in [2.24, 2.45) is 0 Å². The summed E-state index contributed by atoms with van der Waals surface area (Å²) in [7, 11) is -3.66. The summed E-state index contributed by atoms with van der Waals surface area (Å²) in [5.74, 6) is 0.795. The molecule has 0 unspecified atom stereocenters. The average Bonchev–Trinajstić information content (AvgIpc) is 3.78. The Morgan fingerprint density at radius 3 is 1.50 bits per heavy atom. The lowest BCUT2D eigenvalue weighted by Gasteiger charge is -2.10. The van der Waals surface area contributed by atoms with E-state index in [4.69, 9.17) is 0 Å². The summed E-state index contributed by atoms with van der Waals surface area (Å²) in [5.41, 5.74) is 1.58. The van der Waals surface area contributed by atoms with Gasteiger partial charge in [0, 0.05) is 41.9 Å². The summed E-state index contributed by atoms with van der Waals surface area (Å²) >= 11 is 1.39. The summed E-state index contributed by atoms with van der Waals surface area (Å²) in [6, 6.07) is 16.7. The summed E-state index contributed by atoms with van der Waals surface area (Å²) < 4.78 is 105. The molecule has 0 atom stereocenters. The molecule has 4 heterocycles. The van der Waals surface area contributed by atoms with E-state index < -0.39 is 33.3 Å². The van der Waals surface area contributed by atoms with E-state index in [0.29, 0.717) is 33.6 Å². The van der Waals surface area contributed by atoms with Gasteiger partial charge in [-0.15, -0.1) is 0 Å². The number of halogens is 6. The zero-order chi connectivity index (χ0) is 39.6. The molecule has 18 heteroatoms. The fourth-order valence-electron chi connectivity index (χ4n) is 5.01. The van der Waals surface area contributed by atoms with E-state index in [1.807, 2.05) is 34.0 Å². The van der Waals surface area contributed by atoms with E-state index in [0.717, 1.165) is 36.2 Å². The largest absolute Gasteiger partial charge is 0.416 e. The van der Waals surface area contributed by atoms with Crippen molar-refractivity contribution in [3.05, 3.63) is 108 Å². The highest BCUT2D eigenvalue weighted by Gasteiger charge is 2.32. The van der Waals surface area contributed by atoms with Crippen LogP contribution in [0.3, 0.4) is 0 Å². The fraction of sp³-hybridized carbons (Fsp3) is 0.278. The molecule has 0 fully saturated rings. The van der Waals surface area contributed by atoms with Crippen molar-refractivity contribution in [1.82, 2.24) is 39.5 Å². The van der Waals surface area contributed by atoms with Crippen LogP contribution in [0.4, 0.5) is 26.3 Å². The number of hydrogen-bond donors (Lipinski definition) is 0. The molecule has 10 nitrogen and oxygen atoms in total. The van der Waals surface area contributed by atoms with E-state index in [9.17, 15) is 34.8 Å². The predicted molar refractivity (Wildman–Crippen MR) is 192 cm³/mol. The molecule has 0 saturated heterocycles. The maximum Gasteiger partial charge on any atom is 0.416 e. The van der Waals surface area contributed by atoms with Gasteiger partial charge in [0.25, 0.3) is 0 Å². The third-order valence-corrected chi connectivity index (χ3v) is 9.22. The highest BCUT2D eigenvalue weighted by Crippen LogP contribution is 2.35. The van der Waals surface area contributed by atoms with Crippen LogP contribution in [0.5, 0.6) is 0 Å². The molecule has 0 amide bonds. The molecule has 0 spiro atoms. The summed E-state index contributed by atoms with van der Waals surface area (Å²) in [6.45, 7) is 7.75. The Morgan fingerprint density at radius 1 is 0.648 bits per heavy atom. The van der Waals surface area contributed by atoms with Crippen molar-refractivity contribution < 1.29 is 34.8 Å². The van der Waals surface area contributed by atoms with Crippen molar-refractivity contribution in [2.75, 3.05) is 12.5 Å². The molecule has 0 aliphatic rings. The second-order valence-corrected chi connectivity index (χ2v) is 15.3. The van der Waals surface area contributed by atoms with Gasteiger partial charge in [0.1, 0.15) is 0 Å². The van der Waals surface area contributed by atoms with Gasteiger partial charge in [0.15, 0.2) is 16.8 Å². The SMILES string of the molecule is CC(C)c1cc(-c2cccc(C(F)(F)F)c2)n(-c2ccnc(S(C)(=O)=O)n2)n1.CSc1nccc(-n2nc(C(C)C)cc2-c2cccc(C(F)(F)F)c2)n1. The molecule has 0 aliphatic carbocycles. The van der Waals surface area contributed by atoms with Crippen molar-refractivity contribution in [3.8, 4) is 34.2 Å². The number of aromatic nitrogens is 8. The second kappa shape index (κ2) is 15.7. The third-order valence-electron chi connectivity index (χ3n) is 7.80. The van der Waals surface area contributed by atoms with Crippen molar-refractivity contribution in [3.63, 3.8) is 0 Å². The standard InChI is InChI=1S/C18H17F3N4O2S.C18H17F3N4S/c1-11(2)14-10-15(12-5-4-6-13(9-12)18(19,20)21)25(24-14)16-7-8-22-17(23-16)28(3,26)27;1-11(2)14-10-15(12-5-4-6-13(9-12)18(19,20)21)25(24-14)16-7-8-22-17(23-16)26-3/h4-11H,1-3H3;4-11H,1-3H3. The van der Waals surface area contributed by atoms with Gasteiger partial charge in [-0.25, -0.2) is 32.7 Å². The summed E-state index contributed by atoms with van der Waals surface area (Å²) in [4.78, 5) is 16.3. The predicted octanol–water partition coefficient (Wildman–Crippen LogP) is 9.07. The van der Waals surface area contributed by atoms with Crippen LogP contribution in [0.25, 0.3) is 34.2 Å². The molecule has 2 aromatic carbocycles. The average molecular weight is 789 g/mol. The van der Waals surface area contributed by atoms with Gasteiger partial charge in [-0.3, -0.25) is 0 Å². The van der Waals surface area contributed by atoms with Gasteiger partial charge in [0.2, 0.25) is 15.0 Å². The molecular formula is C36H34F6N8O2S2. The molecule has 284 valence electrons. The van der Waals surface area contributed by atoms with E-state index >= 15 is 0 Å². The molecule has 4 aromatic heterocycles. The van der Waals surface area contributed by atoms with Gasteiger partial charge in [0.05, 0.1) is 33.9 Å². The lowest BCUT2D eigenvalue weighted by molar-refractivity contribution is -0.138. The third kappa shape index (κ3) is 9.33. The topological polar surface area (TPSA) is 121 Å². The van der Waals surface area contributed by atoms with Crippen molar-refractivity contribution in [2.45, 2.75) is 62.2 Å². The van der Waals surface area contributed by atoms with Crippen LogP contribution >= 0.6 is 11.8 Å². The van der Waals surface area contributed by atoms with Gasteiger partial charge in [-0.2, -0.15) is 41.5 Å². The Morgan fingerprint density at radius 2 is 1.09 bits per heavy atom. The molecule has 0 radical (unpaired) electrons. The lowest BCUT2D eigenvalue weighted by Crippen LogP contribution is -2.09. The monoisotopic (exact) mass is 788 g/mol. The van der Waals surface area contributed by atoms with Crippen LogP contribution < -0.4 is 0 Å². The first-order valence-electron chi connectivity index (χ1n) is 16.2. The van der Waals surface area contributed by atoms with Gasteiger partial charge in [-0.05, 0) is 54.5 Å². The molecule has 0 saturated carbocycles. The Bertz CT molecular complexity index is 2370. The van der Waals surface area contributed by atoms with E-state index in [2.05, 4.69) is 30.1 Å². The first-order chi connectivity index (χ1) is 25.3. The smallest absolute Gasteiger partial charge is 0.231 e. The molecule has 0 aliphatic heterocycles. The molecule has 6 aromatic rings. The number of nitrogens with zero attached hydrogens (tertiary/aromatic N) is 8. The van der Waals surface area contributed by atoms with Crippen LogP contribution in [0.1, 0.15) is 62.0 Å². The minimum Gasteiger partial charge on any atom is -0.231 e. The highest BCUT2D eigenvalue weighted by molar-refractivity contribution is 7.98. The van der Waals surface area contributed by atoms with Gasteiger partial charge < -0.3 is 0 Å². The number of sulfone groups is 1. The Balaban J connectivity index is 0.000000208. The van der Waals surface area contributed by atoms with Crippen LogP contribution in [-0.2, 0) is 22.2 Å². The highest BCUT2D eigenvalue weighted by atomic mass is 32.2. The van der Waals surface area contributed by atoms with Gasteiger partial charge >= 0.3 is 12.4 Å². The first kappa shape index (κ1) is 40.1. The minimum absolute atomic E-state index is 0.00187. The number of alkyl halides is 6. The molecular weight excluding hydrogens is 755 g/mol. The zero-order valence-corrected chi connectivity index (χ0v) is 31.3. The van der Waals surface area contributed by atoms with Crippen molar-refractivity contribution in [1.29, 1.82) is 0 Å². The quantitative estimate of drug-likeness (QED) is 0.0845. The second-order valence-electron chi connectivity index (χ2n) is 12.6. The minimum atomic E-state index is -4.49. The molecule has 54 heavy (non-hydrogen) atoms. The number of rotatable bonds is 8. The number of benzene rings is 2. The summed E-state index contributed by atoms with van der Waals surface area (Å²) in [5, 5.41) is 9.16. The van der Waals surface area contributed by atoms with Crippen LogP contribution in [0.15, 0.2) is 95.5 Å². The van der Waals surface area contributed by atoms with Crippen LogP contribution in [-0.4, -0.2) is 60.4 Å². The van der Waals surface area contributed by atoms with E-state index in [1.54, 1.807) is 35.1 Å². The Hall–Kier alpha value is -5.10. The van der Waals surface area contributed by atoms with Crippen LogP contribution in [0.2, 0.25) is 0 Å². The summed E-state index contributed by atoms with van der Waals surface area (Å²) in [6.07, 6.45) is -3.17. The Labute approximate surface area is 311 Å². The van der Waals surface area contributed by atoms with Crippen LogP contribution in [0, 0.1) is 0 Å². The normalized spacial score (nSPS) is 12.3. The lowest BCUT2D eigenvalue weighted by atomic mass is 10.1. The van der Waals surface area contributed by atoms with E-state index in [-0.39, 0.29) is 28.4 Å². The zero-order valence-electron chi connectivity index (χ0n) is 29.7. The number of hydrogen-bond acceptors (Lipinski definition) is 9. The number of thioether (sulfide) groups is 1. The molecule has 0 bridgehead atoms. The molecule has 0 N–H and O–H groups in total.